The number of ether oxygens (including phenoxy) is 1. The molecule has 0 saturated carbocycles. The molecule has 0 saturated heterocycles. The lowest BCUT2D eigenvalue weighted by Crippen LogP contribution is -2.18. The Kier molecular flexibility index (Phi) is 39.0. The predicted molar refractivity (Wildman–Crippen MR) is 209 cm³/mol. The number of carbonyl (C=O) groups is 2. The van der Waals surface area contributed by atoms with Crippen molar-refractivity contribution < 1.29 is 19.4 Å². The van der Waals surface area contributed by atoms with Crippen molar-refractivity contribution in [2.45, 2.75) is 258 Å². The topological polar surface area (TPSA) is 63.6 Å². The predicted octanol–water partition coefficient (Wildman–Crippen LogP) is 15.0. The molecule has 48 heavy (non-hydrogen) atoms. The molecule has 0 aromatic rings. The van der Waals surface area contributed by atoms with E-state index in [1.165, 1.54) is 161 Å². The molecule has 1 N–H and O–H groups in total. The van der Waals surface area contributed by atoms with Gasteiger partial charge in [-0.25, -0.2) is 0 Å². The first kappa shape index (κ1) is 46.7. The fraction of sp³-hybridized carbons (Fsp3) is 0.909. The van der Waals surface area contributed by atoms with Gasteiger partial charge in [0, 0.05) is 12.8 Å². The molecule has 0 rings (SSSR count). The van der Waals surface area contributed by atoms with E-state index < -0.39 is 5.97 Å². The lowest BCUT2D eigenvalue weighted by atomic mass is 10.0. The van der Waals surface area contributed by atoms with Gasteiger partial charge in [0.2, 0.25) is 0 Å². The standard InChI is InChI=1S/C44H84O4/c1-3-5-7-9-11-13-14-15-16-17-18-19-20-21-22-23-24-26-28-33-37-41-44(47)48-42(39-35-31-29-32-36-40-43(45)46)38-34-30-27-25-12-10-8-6-4-2/h17-18,42H,3-16,19-41H2,1-2H3,(H,45,46)/b18-17-. The molecule has 0 aliphatic carbocycles. The van der Waals surface area contributed by atoms with Crippen LogP contribution in [0.15, 0.2) is 12.2 Å². The quantitative estimate of drug-likeness (QED) is 0.0398. The van der Waals surface area contributed by atoms with Gasteiger partial charge in [0.1, 0.15) is 6.10 Å². The average Bonchev–Trinajstić information content (AvgIpc) is 3.07. The number of allylic oxidation sites excluding steroid dienone is 2. The summed E-state index contributed by atoms with van der Waals surface area (Å²) in [5, 5.41) is 8.82. The van der Waals surface area contributed by atoms with E-state index in [4.69, 9.17) is 9.84 Å². The highest BCUT2D eigenvalue weighted by molar-refractivity contribution is 5.69. The van der Waals surface area contributed by atoms with E-state index in [1.54, 1.807) is 0 Å². The molecule has 284 valence electrons. The van der Waals surface area contributed by atoms with Crippen LogP contribution in [0, 0.1) is 0 Å². The molecule has 0 aliphatic rings. The van der Waals surface area contributed by atoms with E-state index in [-0.39, 0.29) is 18.5 Å². The summed E-state index contributed by atoms with van der Waals surface area (Å²) >= 11 is 0. The van der Waals surface area contributed by atoms with Crippen LogP contribution in [0.2, 0.25) is 0 Å². The third-order valence-corrected chi connectivity index (χ3v) is 9.99. The lowest BCUT2D eigenvalue weighted by molar-refractivity contribution is -0.150. The number of unbranched alkanes of at least 4 members (excludes halogenated alkanes) is 29. The van der Waals surface area contributed by atoms with E-state index in [0.29, 0.717) is 6.42 Å². The zero-order valence-corrected chi connectivity index (χ0v) is 32.6. The molecule has 0 bridgehead atoms. The van der Waals surface area contributed by atoms with Gasteiger partial charge in [-0.2, -0.15) is 0 Å². The number of carbonyl (C=O) groups excluding carboxylic acids is 1. The molecule has 0 heterocycles. The molecule has 0 radical (unpaired) electrons. The van der Waals surface area contributed by atoms with Crippen molar-refractivity contribution in [2.75, 3.05) is 0 Å². The molecule has 0 aromatic carbocycles. The second-order valence-corrected chi connectivity index (χ2v) is 14.9. The van der Waals surface area contributed by atoms with Crippen LogP contribution in [0.4, 0.5) is 0 Å². The molecule has 1 atom stereocenters. The number of hydrogen-bond acceptors (Lipinski definition) is 3. The molecule has 0 aromatic heterocycles. The van der Waals surface area contributed by atoms with Crippen molar-refractivity contribution in [1.29, 1.82) is 0 Å². The van der Waals surface area contributed by atoms with Crippen LogP contribution in [0.5, 0.6) is 0 Å². The fourth-order valence-electron chi connectivity index (χ4n) is 6.77. The van der Waals surface area contributed by atoms with E-state index in [1.807, 2.05) is 0 Å². The number of rotatable bonds is 40. The van der Waals surface area contributed by atoms with Crippen LogP contribution in [0.25, 0.3) is 0 Å². The summed E-state index contributed by atoms with van der Waals surface area (Å²) in [5.41, 5.74) is 0. The van der Waals surface area contributed by atoms with Crippen molar-refractivity contribution in [3.63, 3.8) is 0 Å². The minimum absolute atomic E-state index is 0.00392. The van der Waals surface area contributed by atoms with Gasteiger partial charge < -0.3 is 9.84 Å². The third-order valence-electron chi connectivity index (χ3n) is 9.99. The smallest absolute Gasteiger partial charge is 0.306 e. The first-order valence-electron chi connectivity index (χ1n) is 21.7. The molecular weight excluding hydrogens is 592 g/mol. The number of hydrogen-bond donors (Lipinski definition) is 1. The van der Waals surface area contributed by atoms with Crippen LogP contribution < -0.4 is 0 Å². The highest BCUT2D eigenvalue weighted by Gasteiger charge is 2.14. The fourth-order valence-corrected chi connectivity index (χ4v) is 6.77. The molecule has 1 unspecified atom stereocenters. The van der Waals surface area contributed by atoms with Gasteiger partial charge in [-0.15, -0.1) is 0 Å². The minimum Gasteiger partial charge on any atom is -0.481 e. The minimum atomic E-state index is -0.698. The maximum Gasteiger partial charge on any atom is 0.306 e. The monoisotopic (exact) mass is 677 g/mol. The number of aliphatic carboxylic acids is 1. The maximum atomic E-state index is 12.7. The van der Waals surface area contributed by atoms with Crippen molar-refractivity contribution in [3.8, 4) is 0 Å². The summed E-state index contributed by atoms with van der Waals surface area (Å²) in [4.78, 5) is 23.4. The Balaban J connectivity index is 3.84. The van der Waals surface area contributed by atoms with Gasteiger partial charge in [0.05, 0.1) is 0 Å². The summed E-state index contributed by atoms with van der Waals surface area (Å²) in [5.74, 6) is -0.694. The summed E-state index contributed by atoms with van der Waals surface area (Å²) < 4.78 is 6.00. The maximum absolute atomic E-state index is 12.7. The van der Waals surface area contributed by atoms with Gasteiger partial charge in [0.15, 0.2) is 0 Å². The Labute approximate surface area is 300 Å². The molecule has 4 heteroatoms. The Bertz CT molecular complexity index is 687. The largest absolute Gasteiger partial charge is 0.481 e. The van der Waals surface area contributed by atoms with E-state index in [9.17, 15) is 9.59 Å². The van der Waals surface area contributed by atoms with E-state index >= 15 is 0 Å². The van der Waals surface area contributed by atoms with Gasteiger partial charge in [-0.3, -0.25) is 9.59 Å². The molecule has 0 aliphatic heterocycles. The first-order valence-corrected chi connectivity index (χ1v) is 21.7. The summed E-state index contributed by atoms with van der Waals surface area (Å²) in [7, 11) is 0. The highest BCUT2D eigenvalue weighted by atomic mass is 16.5. The van der Waals surface area contributed by atoms with Gasteiger partial charge in [0.25, 0.3) is 0 Å². The van der Waals surface area contributed by atoms with Crippen LogP contribution in [-0.2, 0) is 14.3 Å². The summed E-state index contributed by atoms with van der Waals surface area (Å²) in [6.07, 6.45) is 49.6. The number of esters is 1. The Morgan fingerprint density at radius 2 is 0.750 bits per heavy atom. The van der Waals surface area contributed by atoms with Crippen LogP contribution in [0.3, 0.4) is 0 Å². The Morgan fingerprint density at radius 1 is 0.438 bits per heavy atom. The second-order valence-electron chi connectivity index (χ2n) is 14.9. The summed E-state index contributed by atoms with van der Waals surface area (Å²) in [6.45, 7) is 4.56. The van der Waals surface area contributed by atoms with Gasteiger partial charge in [-0.1, -0.05) is 187 Å². The van der Waals surface area contributed by atoms with Crippen molar-refractivity contribution in [1.82, 2.24) is 0 Å². The van der Waals surface area contributed by atoms with Crippen LogP contribution >= 0.6 is 0 Å². The molecule has 4 nitrogen and oxygen atoms in total. The second kappa shape index (κ2) is 40.1. The van der Waals surface area contributed by atoms with Crippen LogP contribution in [0.1, 0.15) is 251 Å². The Hall–Kier alpha value is -1.32. The zero-order chi connectivity index (χ0) is 35.0. The lowest BCUT2D eigenvalue weighted by Gasteiger charge is -2.18. The average molecular weight is 677 g/mol. The van der Waals surface area contributed by atoms with Crippen molar-refractivity contribution in [3.05, 3.63) is 12.2 Å². The van der Waals surface area contributed by atoms with Gasteiger partial charge in [-0.05, 0) is 64.2 Å². The van der Waals surface area contributed by atoms with Gasteiger partial charge >= 0.3 is 11.9 Å². The molecular formula is C44H84O4. The normalized spacial score (nSPS) is 12.2. The van der Waals surface area contributed by atoms with E-state index in [0.717, 1.165) is 64.2 Å². The SMILES string of the molecule is CCCCCCCCCC/C=C\CCCCCCCCCCCC(=O)OC(CCCCCCCCCCC)CCCCCCCC(=O)O. The Morgan fingerprint density at radius 3 is 1.12 bits per heavy atom. The number of carboxylic acids is 1. The third kappa shape index (κ3) is 39.1. The molecule has 0 spiro atoms. The number of carboxylic acid groups (broad SMARTS) is 1. The summed E-state index contributed by atoms with van der Waals surface area (Å²) in [6, 6.07) is 0. The highest BCUT2D eigenvalue weighted by Crippen LogP contribution is 2.19. The van der Waals surface area contributed by atoms with E-state index in [2.05, 4.69) is 26.0 Å². The van der Waals surface area contributed by atoms with Crippen LogP contribution in [-0.4, -0.2) is 23.1 Å². The van der Waals surface area contributed by atoms with Crippen molar-refractivity contribution in [2.24, 2.45) is 0 Å². The molecule has 0 fully saturated rings. The molecule has 0 amide bonds. The van der Waals surface area contributed by atoms with Crippen molar-refractivity contribution >= 4 is 11.9 Å². The first-order chi connectivity index (χ1) is 23.6. The zero-order valence-electron chi connectivity index (χ0n) is 32.6.